The first-order chi connectivity index (χ1) is 11.6. The summed E-state index contributed by atoms with van der Waals surface area (Å²) in [5.74, 6) is -0.908. The first kappa shape index (κ1) is 17.2. The van der Waals surface area contributed by atoms with Crippen molar-refractivity contribution >= 4 is 17.9 Å². The average molecular weight is 328 g/mol. The first-order valence-electron chi connectivity index (χ1n) is 7.36. The number of hydrogen-bond acceptors (Lipinski definition) is 3. The van der Waals surface area contributed by atoms with Crippen LogP contribution in [0.25, 0.3) is 6.08 Å². The molecular weight excluding hydrogens is 311 g/mol. The van der Waals surface area contributed by atoms with Gasteiger partial charge in [-0.3, -0.25) is 20.4 Å². The highest BCUT2D eigenvalue weighted by atomic mass is 19.1. The Morgan fingerprint density at radius 1 is 1.08 bits per heavy atom. The molecule has 0 atom stereocenters. The van der Waals surface area contributed by atoms with Crippen molar-refractivity contribution < 1.29 is 18.7 Å². The maximum Gasteiger partial charge on any atom is 0.273 e. The number of ether oxygens (including phenoxy) is 1. The van der Waals surface area contributed by atoms with E-state index in [2.05, 4.69) is 10.9 Å². The molecule has 0 radical (unpaired) electrons. The molecule has 2 amide bonds. The van der Waals surface area contributed by atoms with E-state index in [0.29, 0.717) is 23.5 Å². The number of nitrogens with one attached hydrogen (secondary N) is 2. The van der Waals surface area contributed by atoms with Crippen LogP contribution in [0, 0.1) is 5.82 Å². The van der Waals surface area contributed by atoms with Gasteiger partial charge < -0.3 is 4.74 Å². The van der Waals surface area contributed by atoms with E-state index >= 15 is 0 Å². The standard InChI is InChI=1S/C18H17FN2O3/c1-2-24-16-6-4-3-5-15(16)18(23)21-20-17(22)12-9-13-7-10-14(19)11-8-13/h3-12H,2H2,1H3,(H,20,22)(H,21,23). The van der Waals surface area contributed by atoms with Gasteiger partial charge in [0.15, 0.2) is 0 Å². The minimum absolute atomic E-state index is 0.321. The number of para-hydroxylation sites is 1. The summed E-state index contributed by atoms with van der Waals surface area (Å²) in [6.45, 7) is 2.24. The van der Waals surface area contributed by atoms with E-state index in [9.17, 15) is 14.0 Å². The highest BCUT2D eigenvalue weighted by Crippen LogP contribution is 2.17. The maximum absolute atomic E-state index is 12.8. The topological polar surface area (TPSA) is 67.4 Å². The van der Waals surface area contributed by atoms with Gasteiger partial charge in [-0.1, -0.05) is 24.3 Å². The Morgan fingerprint density at radius 3 is 2.50 bits per heavy atom. The molecule has 124 valence electrons. The third-order valence-electron chi connectivity index (χ3n) is 3.03. The molecule has 0 aromatic heterocycles. The minimum atomic E-state index is -0.512. The summed E-state index contributed by atoms with van der Waals surface area (Å²) in [6, 6.07) is 12.4. The van der Waals surface area contributed by atoms with E-state index in [4.69, 9.17) is 4.74 Å². The minimum Gasteiger partial charge on any atom is -0.493 e. The van der Waals surface area contributed by atoms with Gasteiger partial charge in [0.25, 0.3) is 11.8 Å². The van der Waals surface area contributed by atoms with Gasteiger partial charge >= 0.3 is 0 Å². The van der Waals surface area contributed by atoms with E-state index < -0.39 is 11.8 Å². The number of benzene rings is 2. The number of hydrogen-bond donors (Lipinski definition) is 2. The van der Waals surface area contributed by atoms with Gasteiger partial charge in [0.05, 0.1) is 12.2 Å². The molecule has 2 aromatic carbocycles. The number of carbonyl (C=O) groups is 2. The van der Waals surface area contributed by atoms with Crippen LogP contribution in [-0.2, 0) is 4.79 Å². The fraction of sp³-hybridized carbons (Fsp3) is 0.111. The largest absolute Gasteiger partial charge is 0.493 e. The Morgan fingerprint density at radius 2 is 1.79 bits per heavy atom. The maximum atomic E-state index is 12.8. The lowest BCUT2D eigenvalue weighted by Crippen LogP contribution is -2.40. The number of rotatable bonds is 5. The molecule has 0 aliphatic carbocycles. The smallest absolute Gasteiger partial charge is 0.273 e. The van der Waals surface area contributed by atoms with Gasteiger partial charge in [0, 0.05) is 6.08 Å². The van der Waals surface area contributed by atoms with Crippen LogP contribution in [-0.4, -0.2) is 18.4 Å². The molecule has 2 rings (SSSR count). The fourth-order valence-electron chi connectivity index (χ4n) is 1.91. The van der Waals surface area contributed by atoms with E-state index in [1.54, 1.807) is 24.3 Å². The molecule has 0 fully saturated rings. The number of halogens is 1. The van der Waals surface area contributed by atoms with Crippen LogP contribution in [0.1, 0.15) is 22.8 Å². The SMILES string of the molecule is CCOc1ccccc1C(=O)NNC(=O)C=Cc1ccc(F)cc1. The third-order valence-corrected chi connectivity index (χ3v) is 3.03. The van der Waals surface area contributed by atoms with Gasteiger partial charge in [-0.2, -0.15) is 0 Å². The van der Waals surface area contributed by atoms with Crippen molar-refractivity contribution in [1.29, 1.82) is 0 Å². The highest BCUT2D eigenvalue weighted by Gasteiger charge is 2.11. The van der Waals surface area contributed by atoms with Crippen LogP contribution in [0.15, 0.2) is 54.6 Å². The molecule has 0 unspecified atom stereocenters. The van der Waals surface area contributed by atoms with Crippen LogP contribution < -0.4 is 15.6 Å². The Kier molecular flexibility index (Phi) is 6.08. The van der Waals surface area contributed by atoms with Crippen LogP contribution in [0.2, 0.25) is 0 Å². The van der Waals surface area contributed by atoms with Crippen LogP contribution in [0.3, 0.4) is 0 Å². The lowest BCUT2D eigenvalue weighted by atomic mass is 10.2. The summed E-state index contributed by atoms with van der Waals surface area (Å²) >= 11 is 0. The third kappa shape index (κ3) is 4.95. The Bertz CT molecular complexity index is 742. The van der Waals surface area contributed by atoms with Gasteiger partial charge in [0.2, 0.25) is 0 Å². The molecular formula is C18H17FN2O3. The lowest BCUT2D eigenvalue weighted by Gasteiger charge is -2.10. The van der Waals surface area contributed by atoms with Crippen LogP contribution in [0.4, 0.5) is 4.39 Å². The molecule has 2 aromatic rings. The van der Waals surface area contributed by atoms with Gasteiger partial charge in [-0.15, -0.1) is 0 Å². The quantitative estimate of drug-likeness (QED) is 0.655. The molecule has 5 nitrogen and oxygen atoms in total. The summed E-state index contributed by atoms with van der Waals surface area (Å²) in [4.78, 5) is 23.8. The van der Waals surface area contributed by atoms with E-state index in [0.717, 1.165) is 0 Å². The zero-order valence-electron chi connectivity index (χ0n) is 13.1. The van der Waals surface area contributed by atoms with E-state index in [-0.39, 0.29) is 5.82 Å². The zero-order chi connectivity index (χ0) is 17.4. The predicted molar refractivity (Wildman–Crippen MR) is 88.7 cm³/mol. The zero-order valence-corrected chi connectivity index (χ0v) is 13.1. The van der Waals surface area contributed by atoms with Crippen molar-refractivity contribution in [3.63, 3.8) is 0 Å². The second kappa shape index (κ2) is 8.47. The summed E-state index contributed by atoms with van der Waals surface area (Å²) in [6.07, 6.45) is 2.75. The summed E-state index contributed by atoms with van der Waals surface area (Å²) in [7, 11) is 0. The van der Waals surface area contributed by atoms with Crippen molar-refractivity contribution in [3.8, 4) is 5.75 Å². The summed E-state index contributed by atoms with van der Waals surface area (Å²) < 4.78 is 18.1. The average Bonchev–Trinajstić information content (AvgIpc) is 2.60. The second-order valence-electron chi connectivity index (χ2n) is 4.76. The Labute approximate surface area is 139 Å². The van der Waals surface area contributed by atoms with Crippen molar-refractivity contribution in [1.82, 2.24) is 10.9 Å². The number of hydrazine groups is 1. The lowest BCUT2D eigenvalue weighted by molar-refractivity contribution is -0.117. The molecule has 0 saturated heterocycles. The second-order valence-corrected chi connectivity index (χ2v) is 4.76. The molecule has 0 saturated carbocycles. The molecule has 0 spiro atoms. The molecule has 0 aliphatic heterocycles. The highest BCUT2D eigenvalue weighted by molar-refractivity contribution is 5.99. The molecule has 24 heavy (non-hydrogen) atoms. The van der Waals surface area contributed by atoms with Crippen molar-refractivity contribution in [2.45, 2.75) is 6.92 Å². The Hall–Kier alpha value is -3.15. The molecule has 6 heteroatoms. The first-order valence-corrected chi connectivity index (χ1v) is 7.36. The fourth-order valence-corrected chi connectivity index (χ4v) is 1.91. The van der Waals surface area contributed by atoms with Gasteiger partial charge in [0.1, 0.15) is 11.6 Å². The predicted octanol–water partition coefficient (Wildman–Crippen LogP) is 2.70. The normalized spacial score (nSPS) is 10.4. The van der Waals surface area contributed by atoms with Crippen LogP contribution in [0.5, 0.6) is 5.75 Å². The van der Waals surface area contributed by atoms with E-state index in [1.165, 1.54) is 36.4 Å². The number of carbonyl (C=O) groups excluding carboxylic acids is 2. The molecule has 0 aliphatic rings. The Balaban J connectivity index is 1.91. The van der Waals surface area contributed by atoms with Crippen molar-refractivity contribution in [2.24, 2.45) is 0 Å². The molecule has 0 heterocycles. The monoisotopic (exact) mass is 328 g/mol. The van der Waals surface area contributed by atoms with Gasteiger partial charge in [-0.25, -0.2) is 4.39 Å². The molecule has 0 bridgehead atoms. The van der Waals surface area contributed by atoms with Crippen molar-refractivity contribution in [2.75, 3.05) is 6.61 Å². The van der Waals surface area contributed by atoms with Crippen molar-refractivity contribution in [3.05, 3.63) is 71.6 Å². The summed E-state index contributed by atoms with van der Waals surface area (Å²) in [5.41, 5.74) is 5.58. The van der Waals surface area contributed by atoms with Gasteiger partial charge in [-0.05, 0) is 42.8 Å². The summed E-state index contributed by atoms with van der Waals surface area (Å²) in [5, 5.41) is 0. The van der Waals surface area contributed by atoms with E-state index in [1.807, 2.05) is 6.92 Å². The number of amides is 2. The molecule has 2 N–H and O–H groups in total. The van der Waals surface area contributed by atoms with Crippen LogP contribution >= 0.6 is 0 Å².